The molecule has 9 heteroatoms. The van der Waals surface area contributed by atoms with E-state index in [-0.39, 0.29) is 18.3 Å². The van der Waals surface area contributed by atoms with Gasteiger partial charge in [-0.25, -0.2) is 0 Å². The molecular weight excluding hydrogens is 470 g/mol. The number of rotatable bonds is 9. The standard InChI is InChI=1S/C26H26ClN3O5/c1-16-25(17(2)30(29-16)14-18-8-10-22(32-3)24(12-18)33-4)28-26(31)23-11-9-21(35-23)15-34-20-7-5-6-19(27)13-20/h5-13H,14-15H2,1-4H3,(H,28,31). The van der Waals surface area contributed by atoms with Gasteiger partial charge in [0, 0.05) is 5.02 Å². The monoisotopic (exact) mass is 495 g/mol. The predicted molar refractivity (Wildman–Crippen MR) is 133 cm³/mol. The van der Waals surface area contributed by atoms with Gasteiger partial charge in [-0.2, -0.15) is 5.10 Å². The van der Waals surface area contributed by atoms with Crippen LogP contribution in [0.15, 0.2) is 59.0 Å². The summed E-state index contributed by atoms with van der Waals surface area (Å²) in [6.45, 7) is 4.44. The van der Waals surface area contributed by atoms with Crippen molar-refractivity contribution in [3.8, 4) is 17.2 Å². The Bertz CT molecular complexity index is 1340. The number of carbonyl (C=O) groups is 1. The van der Waals surface area contributed by atoms with E-state index in [9.17, 15) is 4.79 Å². The fourth-order valence-electron chi connectivity index (χ4n) is 3.65. The molecule has 0 fully saturated rings. The van der Waals surface area contributed by atoms with Crippen LogP contribution in [-0.2, 0) is 13.2 Å². The highest BCUT2D eigenvalue weighted by molar-refractivity contribution is 6.30. The van der Waals surface area contributed by atoms with Gasteiger partial charge in [0.25, 0.3) is 5.91 Å². The maximum atomic E-state index is 12.8. The third-order valence-electron chi connectivity index (χ3n) is 5.46. The van der Waals surface area contributed by atoms with Crippen LogP contribution in [0.2, 0.25) is 5.02 Å². The SMILES string of the molecule is COc1ccc(Cn2nc(C)c(NC(=O)c3ccc(COc4cccc(Cl)c4)o3)c2C)cc1OC. The van der Waals surface area contributed by atoms with Crippen LogP contribution in [0.3, 0.4) is 0 Å². The van der Waals surface area contributed by atoms with Crippen molar-refractivity contribution in [3.63, 3.8) is 0 Å². The number of benzene rings is 2. The van der Waals surface area contributed by atoms with Gasteiger partial charge in [-0.3, -0.25) is 9.48 Å². The van der Waals surface area contributed by atoms with Gasteiger partial charge in [-0.05, 0) is 61.9 Å². The second-order valence-electron chi connectivity index (χ2n) is 7.86. The smallest absolute Gasteiger partial charge is 0.291 e. The van der Waals surface area contributed by atoms with E-state index in [4.69, 9.17) is 30.2 Å². The molecule has 1 amide bonds. The zero-order valence-corrected chi connectivity index (χ0v) is 20.7. The third kappa shape index (κ3) is 5.60. The van der Waals surface area contributed by atoms with Gasteiger partial charge in [0.1, 0.15) is 18.1 Å². The van der Waals surface area contributed by atoms with Crippen LogP contribution in [0.4, 0.5) is 5.69 Å². The molecule has 0 radical (unpaired) electrons. The molecule has 0 atom stereocenters. The number of amides is 1. The molecule has 2 heterocycles. The number of nitrogens with zero attached hydrogens (tertiary/aromatic N) is 2. The Morgan fingerprint density at radius 1 is 1.06 bits per heavy atom. The lowest BCUT2D eigenvalue weighted by Crippen LogP contribution is -2.12. The van der Waals surface area contributed by atoms with Crippen molar-refractivity contribution in [3.05, 3.63) is 88.1 Å². The van der Waals surface area contributed by atoms with Crippen molar-refractivity contribution in [2.45, 2.75) is 27.0 Å². The molecule has 0 aliphatic rings. The van der Waals surface area contributed by atoms with Crippen molar-refractivity contribution in [1.29, 1.82) is 0 Å². The summed E-state index contributed by atoms with van der Waals surface area (Å²) in [7, 11) is 3.20. The Kier molecular flexibility index (Phi) is 7.31. The molecule has 0 saturated heterocycles. The number of carbonyl (C=O) groups excluding carboxylic acids is 1. The highest BCUT2D eigenvalue weighted by Gasteiger charge is 2.18. The Hall–Kier alpha value is -3.91. The van der Waals surface area contributed by atoms with Crippen LogP contribution < -0.4 is 19.5 Å². The zero-order valence-electron chi connectivity index (χ0n) is 19.9. The molecule has 0 bridgehead atoms. The van der Waals surface area contributed by atoms with E-state index >= 15 is 0 Å². The highest BCUT2D eigenvalue weighted by atomic mass is 35.5. The van der Waals surface area contributed by atoms with Crippen molar-refractivity contribution in [2.75, 3.05) is 19.5 Å². The number of anilines is 1. The van der Waals surface area contributed by atoms with Crippen LogP contribution >= 0.6 is 11.6 Å². The molecule has 0 saturated carbocycles. The Balaban J connectivity index is 1.43. The summed E-state index contributed by atoms with van der Waals surface area (Å²) in [5.41, 5.74) is 3.15. The minimum atomic E-state index is -0.365. The number of halogens is 1. The van der Waals surface area contributed by atoms with Crippen molar-refractivity contribution < 1.29 is 23.4 Å². The average Bonchev–Trinajstić information content (AvgIpc) is 3.43. The van der Waals surface area contributed by atoms with E-state index in [0.29, 0.717) is 46.0 Å². The first kappa shape index (κ1) is 24.2. The first-order chi connectivity index (χ1) is 16.9. The lowest BCUT2D eigenvalue weighted by molar-refractivity contribution is 0.0992. The molecule has 4 rings (SSSR count). The number of aryl methyl sites for hydroxylation is 1. The zero-order chi connectivity index (χ0) is 24.9. The fourth-order valence-corrected chi connectivity index (χ4v) is 3.83. The molecule has 0 aliphatic heterocycles. The minimum Gasteiger partial charge on any atom is -0.493 e. The number of hydrogen-bond acceptors (Lipinski definition) is 6. The maximum Gasteiger partial charge on any atom is 0.291 e. The van der Waals surface area contributed by atoms with E-state index in [2.05, 4.69) is 10.4 Å². The number of nitrogens with one attached hydrogen (secondary N) is 1. The predicted octanol–water partition coefficient (Wildman–Crippen LogP) is 5.64. The van der Waals surface area contributed by atoms with Crippen LogP contribution in [0.1, 0.15) is 33.3 Å². The summed E-state index contributed by atoms with van der Waals surface area (Å²) in [4.78, 5) is 12.8. The Labute approximate surface area is 208 Å². The van der Waals surface area contributed by atoms with Crippen LogP contribution in [0, 0.1) is 13.8 Å². The van der Waals surface area contributed by atoms with Crippen LogP contribution in [-0.4, -0.2) is 29.9 Å². The van der Waals surface area contributed by atoms with Gasteiger partial charge in [0.2, 0.25) is 0 Å². The first-order valence-electron chi connectivity index (χ1n) is 10.9. The van der Waals surface area contributed by atoms with Crippen molar-refractivity contribution in [2.24, 2.45) is 0 Å². The summed E-state index contributed by atoms with van der Waals surface area (Å²) >= 11 is 5.97. The topological polar surface area (TPSA) is 87.8 Å². The molecule has 35 heavy (non-hydrogen) atoms. The van der Waals surface area contributed by atoms with Crippen LogP contribution in [0.5, 0.6) is 17.2 Å². The third-order valence-corrected chi connectivity index (χ3v) is 5.70. The lowest BCUT2D eigenvalue weighted by Gasteiger charge is -2.11. The Morgan fingerprint density at radius 3 is 2.60 bits per heavy atom. The molecule has 2 aromatic heterocycles. The summed E-state index contributed by atoms with van der Waals surface area (Å²) in [5, 5.41) is 8.09. The summed E-state index contributed by atoms with van der Waals surface area (Å²) in [5.74, 6) is 2.26. The quantitative estimate of drug-likeness (QED) is 0.323. The number of ether oxygens (including phenoxy) is 3. The van der Waals surface area contributed by atoms with Crippen molar-refractivity contribution in [1.82, 2.24) is 9.78 Å². The second-order valence-corrected chi connectivity index (χ2v) is 8.30. The summed E-state index contributed by atoms with van der Waals surface area (Å²) < 4.78 is 23.9. The maximum absolute atomic E-state index is 12.8. The molecule has 4 aromatic rings. The molecule has 2 aromatic carbocycles. The molecule has 182 valence electrons. The van der Waals surface area contributed by atoms with Gasteiger partial charge in [-0.1, -0.05) is 23.7 Å². The van der Waals surface area contributed by atoms with Crippen molar-refractivity contribution >= 4 is 23.2 Å². The largest absolute Gasteiger partial charge is 0.493 e. The van der Waals surface area contributed by atoms with Gasteiger partial charge >= 0.3 is 0 Å². The molecule has 0 aliphatic carbocycles. The van der Waals surface area contributed by atoms with Gasteiger partial charge in [0.15, 0.2) is 17.3 Å². The fraction of sp³-hybridized carbons (Fsp3) is 0.231. The molecule has 8 nitrogen and oxygen atoms in total. The molecule has 1 N–H and O–H groups in total. The van der Waals surface area contributed by atoms with Gasteiger partial charge < -0.3 is 23.9 Å². The number of furan rings is 1. The summed E-state index contributed by atoms with van der Waals surface area (Å²) in [6.07, 6.45) is 0. The van der Waals surface area contributed by atoms with E-state index in [0.717, 1.165) is 11.3 Å². The lowest BCUT2D eigenvalue weighted by atomic mass is 10.2. The molecular formula is C26H26ClN3O5. The number of aromatic nitrogens is 2. The molecule has 0 spiro atoms. The average molecular weight is 496 g/mol. The van der Waals surface area contributed by atoms with Gasteiger partial charge in [0.05, 0.1) is 37.8 Å². The summed E-state index contributed by atoms with van der Waals surface area (Å²) in [6, 6.07) is 16.1. The van der Waals surface area contributed by atoms with E-state index in [1.165, 1.54) is 0 Å². The van der Waals surface area contributed by atoms with E-state index in [1.807, 2.05) is 36.7 Å². The van der Waals surface area contributed by atoms with Gasteiger partial charge in [-0.15, -0.1) is 0 Å². The Morgan fingerprint density at radius 2 is 1.86 bits per heavy atom. The highest BCUT2D eigenvalue weighted by Crippen LogP contribution is 2.29. The number of hydrogen-bond donors (Lipinski definition) is 1. The first-order valence-corrected chi connectivity index (χ1v) is 11.3. The number of methoxy groups -OCH3 is 2. The second kappa shape index (κ2) is 10.6. The van der Waals surface area contributed by atoms with E-state index < -0.39 is 0 Å². The van der Waals surface area contributed by atoms with E-state index in [1.54, 1.807) is 50.6 Å². The normalized spacial score (nSPS) is 10.8. The molecule has 0 unspecified atom stereocenters. The minimum absolute atomic E-state index is 0.176. The van der Waals surface area contributed by atoms with Crippen LogP contribution in [0.25, 0.3) is 0 Å².